The number of methoxy groups -OCH3 is 1. The molecule has 0 amide bonds. The molecule has 0 aliphatic heterocycles. The van der Waals surface area contributed by atoms with Crippen LogP contribution in [0.5, 0.6) is 5.75 Å². The molecule has 0 aliphatic rings. The predicted octanol–water partition coefficient (Wildman–Crippen LogP) is 3.30. The van der Waals surface area contributed by atoms with Gasteiger partial charge >= 0.3 is 5.25 Å². The summed E-state index contributed by atoms with van der Waals surface area (Å²) in [5.41, 5.74) is 0.223. The van der Waals surface area contributed by atoms with Crippen molar-refractivity contribution >= 4 is 9.84 Å². The van der Waals surface area contributed by atoms with Gasteiger partial charge in [0.2, 0.25) is 9.84 Å². The molecule has 0 N–H and O–H groups in total. The summed E-state index contributed by atoms with van der Waals surface area (Å²) in [6, 6.07) is 12.6. The highest BCUT2D eigenvalue weighted by atomic mass is 32.2. The Kier molecular flexibility index (Phi) is 4.27. The lowest BCUT2D eigenvalue weighted by atomic mass is 10.1. The first-order valence-electron chi connectivity index (χ1n) is 6.17. The largest absolute Gasteiger partial charge is 0.497 e. The number of rotatable bonds is 5. The summed E-state index contributed by atoms with van der Waals surface area (Å²) in [5.74, 6) is 0.521. The maximum absolute atomic E-state index is 14.1. The number of alkyl halides is 2. The quantitative estimate of drug-likeness (QED) is 0.851. The van der Waals surface area contributed by atoms with Crippen LogP contribution in [0.1, 0.15) is 5.56 Å². The number of halogens is 2. The first-order valence-corrected chi connectivity index (χ1v) is 7.65. The summed E-state index contributed by atoms with van der Waals surface area (Å²) < 4.78 is 57.2. The highest BCUT2D eigenvalue weighted by Gasteiger charge is 2.45. The summed E-state index contributed by atoms with van der Waals surface area (Å²) >= 11 is 0. The van der Waals surface area contributed by atoms with Crippen LogP contribution in [0.15, 0.2) is 59.5 Å². The lowest BCUT2D eigenvalue weighted by molar-refractivity contribution is 0.0925. The van der Waals surface area contributed by atoms with Crippen molar-refractivity contribution in [2.45, 2.75) is 16.6 Å². The van der Waals surface area contributed by atoms with E-state index in [1.165, 1.54) is 43.5 Å². The van der Waals surface area contributed by atoms with Crippen LogP contribution in [-0.2, 0) is 16.3 Å². The second-order valence-electron chi connectivity index (χ2n) is 4.48. The van der Waals surface area contributed by atoms with Gasteiger partial charge in [0.05, 0.1) is 18.4 Å². The normalized spacial score (nSPS) is 12.1. The third kappa shape index (κ3) is 3.21. The second-order valence-corrected chi connectivity index (χ2v) is 6.55. The molecule has 0 saturated carbocycles. The van der Waals surface area contributed by atoms with E-state index in [9.17, 15) is 17.2 Å². The van der Waals surface area contributed by atoms with E-state index in [0.29, 0.717) is 5.75 Å². The van der Waals surface area contributed by atoms with Crippen molar-refractivity contribution in [2.75, 3.05) is 7.11 Å². The molecule has 0 atom stereocenters. The lowest BCUT2D eigenvalue weighted by Gasteiger charge is -2.17. The van der Waals surface area contributed by atoms with Gasteiger partial charge in [0, 0.05) is 0 Å². The molecule has 2 aromatic rings. The number of ether oxygens (including phenoxy) is 1. The van der Waals surface area contributed by atoms with Crippen molar-refractivity contribution in [3.05, 3.63) is 60.2 Å². The molecule has 21 heavy (non-hydrogen) atoms. The van der Waals surface area contributed by atoms with Gasteiger partial charge in [0.1, 0.15) is 5.75 Å². The Morgan fingerprint density at radius 2 is 1.57 bits per heavy atom. The molecule has 0 radical (unpaired) electrons. The van der Waals surface area contributed by atoms with E-state index in [-0.39, 0.29) is 10.5 Å². The van der Waals surface area contributed by atoms with Crippen LogP contribution in [0.3, 0.4) is 0 Å². The summed E-state index contributed by atoms with van der Waals surface area (Å²) in [4.78, 5) is -0.386. The summed E-state index contributed by atoms with van der Waals surface area (Å²) in [6.45, 7) is 0. The van der Waals surface area contributed by atoms with E-state index < -0.39 is 21.5 Å². The SMILES string of the molecule is COc1ccc(CC(F)(F)S(=O)(=O)c2ccccc2)cc1. The standard InChI is InChI=1S/C15H14F2O3S/c1-20-13-9-7-12(8-10-13)11-15(16,17)21(18,19)14-5-3-2-4-6-14/h2-10H,11H2,1H3. The van der Waals surface area contributed by atoms with Gasteiger partial charge in [-0.1, -0.05) is 30.3 Å². The molecule has 0 saturated heterocycles. The molecule has 0 heterocycles. The molecule has 2 rings (SSSR count). The van der Waals surface area contributed by atoms with Crippen molar-refractivity contribution in [2.24, 2.45) is 0 Å². The van der Waals surface area contributed by atoms with Gasteiger partial charge in [0.25, 0.3) is 0 Å². The fourth-order valence-electron chi connectivity index (χ4n) is 1.85. The molecule has 0 fully saturated rings. The molecular weight excluding hydrogens is 298 g/mol. The van der Waals surface area contributed by atoms with E-state index in [0.717, 1.165) is 12.1 Å². The summed E-state index contributed by atoms with van der Waals surface area (Å²) in [5, 5.41) is -3.87. The number of hydrogen-bond acceptors (Lipinski definition) is 3. The molecule has 112 valence electrons. The van der Waals surface area contributed by atoms with Crippen LogP contribution in [0.2, 0.25) is 0 Å². The van der Waals surface area contributed by atoms with E-state index >= 15 is 0 Å². The smallest absolute Gasteiger partial charge is 0.353 e. The molecule has 2 aromatic carbocycles. The Labute approximate surface area is 122 Å². The number of benzene rings is 2. The zero-order valence-corrected chi connectivity index (χ0v) is 12.1. The predicted molar refractivity (Wildman–Crippen MR) is 75.3 cm³/mol. The maximum Gasteiger partial charge on any atom is 0.353 e. The number of hydrogen-bond donors (Lipinski definition) is 0. The van der Waals surface area contributed by atoms with Gasteiger partial charge in [-0.3, -0.25) is 0 Å². The third-order valence-electron chi connectivity index (χ3n) is 3.02. The molecule has 0 spiro atoms. The molecule has 6 heteroatoms. The second kappa shape index (κ2) is 5.81. The van der Waals surface area contributed by atoms with Crippen LogP contribution >= 0.6 is 0 Å². The molecule has 3 nitrogen and oxygen atoms in total. The Bertz CT molecular complexity index is 695. The van der Waals surface area contributed by atoms with Gasteiger partial charge in [-0.05, 0) is 29.8 Å². The molecular formula is C15H14F2O3S. The van der Waals surface area contributed by atoms with Gasteiger partial charge in [-0.2, -0.15) is 8.78 Å². The molecule has 0 aliphatic carbocycles. The Balaban J connectivity index is 2.28. The van der Waals surface area contributed by atoms with Gasteiger partial charge in [-0.15, -0.1) is 0 Å². The highest BCUT2D eigenvalue weighted by Crippen LogP contribution is 2.32. The van der Waals surface area contributed by atoms with Crippen molar-refractivity contribution in [1.29, 1.82) is 0 Å². The minimum Gasteiger partial charge on any atom is -0.497 e. The van der Waals surface area contributed by atoms with Crippen molar-refractivity contribution in [1.82, 2.24) is 0 Å². The van der Waals surface area contributed by atoms with Crippen molar-refractivity contribution in [3.8, 4) is 5.75 Å². The Morgan fingerprint density at radius 3 is 2.10 bits per heavy atom. The fourth-order valence-corrected chi connectivity index (χ4v) is 3.07. The van der Waals surface area contributed by atoms with Crippen LogP contribution in [0.25, 0.3) is 0 Å². The maximum atomic E-state index is 14.1. The van der Waals surface area contributed by atoms with Gasteiger partial charge < -0.3 is 4.74 Å². The zero-order chi connectivity index (χ0) is 15.5. The number of sulfone groups is 1. The average molecular weight is 312 g/mol. The minimum atomic E-state index is -4.72. The molecule has 0 bridgehead atoms. The minimum absolute atomic E-state index is 0.223. The highest BCUT2D eigenvalue weighted by molar-refractivity contribution is 7.92. The lowest BCUT2D eigenvalue weighted by Crippen LogP contribution is -2.31. The monoisotopic (exact) mass is 312 g/mol. The Morgan fingerprint density at radius 1 is 1.00 bits per heavy atom. The summed E-state index contributed by atoms with van der Waals surface area (Å²) in [7, 11) is -3.26. The summed E-state index contributed by atoms with van der Waals surface area (Å²) in [6.07, 6.45) is -0.881. The topological polar surface area (TPSA) is 43.4 Å². The zero-order valence-electron chi connectivity index (χ0n) is 11.3. The van der Waals surface area contributed by atoms with Gasteiger partial charge in [-0.25, -0.2) is 8.42 Å². The van der Waals surface area contributed by atoms with Crippen molar-refractivity contribution < 1.29 is 21.9 Å². The molecule has 0 aromatic heterocycles. The molecule has 0 unspecified atom stereocenters. The van der Waals surface area contributed by atoms with Crippen LogP contribution in [0.4, 0.5) is 8.78 Å². The average Bonchev–Trinajstić information content (AvgIpc) is 2.48. The van der Waals surface area contributed by atoms with E-state index in [1.807, 2.05) is 0 Å². The third-order valence-corrected chi connectivity index (χ3v) is 4.84. The van der Waals surface area contributed by atoms with Crippen LogP contribution in [-0.4, -0.2) is 20.8 Å². The first kappa shape index (κ1) is 15.4. The van der Waals surface area contributed by atoms with Crippen LogP contribution < -0.4 is 4.74 Å². The van der Waals surface area contributed by atoms with E-state index in [4.69, 9.17) is 4.74 Å². The van der Waals surface area contributed by atoms with E-state index in [2.05, 4.69) is 0 Å². The Hall–Kier alpha value is -1.95. The van der Waals surface area contributed by atoms with Gasteiger partial charge in [0.15, 0.2) is 0 Å². The first-order chi connectivity index (χ1) is 9.87. The fraction of sp³-hybridized carbons (Fsp3) is 0.200. The van der Waals surface area contributed by atoms with Crippen LogP contribution in [0, 0.1) is 0 Å². The van der Waals surface area contributed by atoms with Crippen molar-refractivity contribution in [3.63, 3.8) is 0 Å². The van der Waals surface area contributed by atoms with E-state index in [1.54, 1.807) is 6.07 Å².